The van der Waals surface area contributed by atoms with Crippen molar-refractivity contribution in [1.82, 2.24) is 4.31 Å². The van der Waals surface area contributed by atoms with Gasteiger partial charge in [0, 0.05) is 17.1 Å². The Morgan fingerprint density at radius 2 is 1.56 bits per heavy atom. The fourth-order valence-corrected chi connectivity index (χ4v) is 4.11. The fourth-order valence-electron chi connectivity index (χ4n) is 1.91. The predicted octanol–water partition coefficient (Wildman–Crippen LogP) is 4.56. The van der Waals surface area contributed by atoms with Crippen LogP contribution in [0.25, 0.3) is 0 Å². The molecule has 2 aromatic rings. The van der Waals surface area contributed by atoms with Gasteiger partial charge in [-0.05, 0) is 36.4 Å². The van der Waals surface area contributed by atoms with Crippen LogP contribution in [-0.2, 0) is 14.8 Å². The lowest BCUT2D eigenvalue weighted by molar-refractivity contribution is -0.116. The predicted molar refractivity (Wildman–Crippen MR) is 101 cm³/mol. The maximum atomic E-state index is 12.6. The van der Waals surface area contributed by atoms with Gasteiger partial charge in [-0.15, -0.1) is 0 Å². The topological polar surface area (TPSA) is 66.5 Å². The zero-order valence-electron chi connectivity index (χ0n) is 12.8. The van der Waals surface area contributed by atoms with Crippen LogP contribution in [0.2, 0.25) is 20.1 Å². The molecule has 0 aliphatic heterocycles. The van der Waals surface area contributed by atoms with Gasteiger partial charge in [-0.3, -0.25) is 4.79 Å². The first kappa shape index (κ1) is 20.3. The van der Waals surface area contributed by atoms with Gasteiger partial charge in [-0.2, -0.15) is 4.31 Å². The molecule has 1 N–H and O–H groups in total. The van der Waals surface area contributed by atoms with Gasteiger partial charge in [0.15, 0.2) is 0 Å². The SMILES string of the molecule is CN(CC(=O)Nc1cc(Cl)ccc1Cl)S(=O)(=O)c1cc(Cl)ccc1Cl. The first-order valence-corrected chi connectivity index (χ1v) is 9.73. The number of hydrogen-bond donors (Lipinski definition) is 1. The Bertz CT molecular complexity index is 919. The highest BCUT2D eigenvalue weighted by Crippen LogP contribution is 2.28. The number of anilines is 1. The number of amides is 1. The molecule has 0 radical (unpaired) electrons. The van der Waals surface area contributed by atoms with Crippen LogP contribution in [-0.4, -0.2) is 32.2 Å². The molecule has 134 valence electrons. The number of benzene rings is 2. The average molecular weight is 442 g/mol. The maximum Gasteiger partial charge on any atom is 0.244 e. The van der Waals surface area contributed by atoms with Crippen molar-refractivity contribution in [3.05, 3.63) is 56.5 Å². The molecular formula is C15H12Cl4N2O3S. The lowest BCUT2D eigenvalue weighted by Gasteiger charge is -2.18. The summed E-state index contributed by atoms with van der Waals surface area (Å²) in [5.41, 5.74) is 0.283. The van der Waals surface area contributed by atoms with Crippen LogP contribution >= 0.6 is 46.4 Å². The lowest BCUT2D eigenvalue weighted by Crippen LogP contribution is -2.35. The Morgan fingerprint density at radius 1 is 1.00 bits per heavy atom. The fraction of sp³-hybridized carbons (Fsp3) is 0.133. The Labute approximate surface area is 165 Å². The van der Waals surface area contributed by atoms with Gasteiger partial charge in [-0.1, -0.05) is 46.4 Å². The maximum absolute atomic E-state index is 12.6. The first-order chi connectivity index (χ1) is 11.6. The van der Waals surface area contributed by atoms with Crippen LogP contribution in [0.4, 0.5) is 5.69 Å². The zero-order valence-corrected chi connectivity index (χ0v) is 16.6. The summed E-state index contributed by atoms with van der Waals surface area (Å²) in [7, 11) is -2.75. The van der Waals surface area contributed by atoms with E-state index in [2.05, 4.69) is 5.32 Å². The summed E-state index contributed by atoms with van der Waals surface area (Å²) in [6, 6.07) is 8.61. The van der Waals surface area contributed by atoms with Gasteiger partial charge in [0.05, 0.1) is 22.3 Å². The van der Waals surface area contributed by atoms with E-state index in [0.717, 1.165) is 4.31 Å². The molecule has 1 amide bonds. The third-order valence-corrected chi connectivity index (χ3v) is 6.23. The number of halogens is 4. The number of carbonyl (C=O) groups is 1. The molecule has 0 heterocycles. The molecular weight excluding hydrogens is 430 g/mol. The van der Waals surface area contributed by atoms with Crippen molar-refractivity contribution in [1.29, 1.82) is 0 Å². The summed E-state index contributed by atoms with van der Waals surface area (Å²) in [6.45, 7) is -0.450. The van der Waals surface area contributed by atoms with E-state index in [1.165, 1.54) is 37.4 Å². The minimum atomic E-state index is -4.00. The second kappa shape index (κ2) is 8.12. The molecule has 0 aliphatic carbocycles. The minimum absolute atomic E-state index is 0.00884. The van der Waals surface area contributed by atoms with Crippen molar-refractivity contribution in [2.75, 3.05) is 18.9 Å². The first-order valence-electron chi connectivity index (χ1n) is 6.77. The van der Waals surface area contributed by atoms with Crippen LogP contribution in [0.1, 0.15) is 0 Å². The third kappa shape index (κ3) is 5.00. The molecule has 2 aromatic carbocycles. The highest BCUT2D eigenvalue weighted by molar-refractivity contribution is 7.89. The van der Waals surface area contributed by atoms with Crippen molar-refractivity contribution in [2.45, 2.75) is 4.90 Å². The Morgan fingerprint density at radius 3 is 2.20 bits per heavy atom. The van der Waals surface area contributed by atoms with Crippen molar-refractivity contribution in [2.24, 2.45) is 0 Å². The molecule has 10 heteroatoms. The van der Waals surface area contributed by atoms with Crippen molar-refractivity contribution in [3.63, 3.8) is 0 Å². The normalized spacial score (nSPS) is 11.6. The molecule has 0 aromatic heterocycles. The number of sulfonamides is 1. The number of hydrogen-bond acceptors (Lipinski definition) is 3. The van der Waals surface area contributed by atoms with Gasteiger partial charge < -0.3 is 5.32 Å². The van der Waals surface area contributed by atoms with Crippen molar-refractivity contribution < 1.29 is 13.2 Å². The van der Waals surface area contributed by atoms with Gasteiger partial charge in [0.2, 0.25) is 15.9 Å². The van der Waals surface area contributed by atoms with Gasteiger partial charge in [0.1, 0.15) is 4.90 Å². The highest BCUT2D eigenvalue weighted by Gasteiger charge is 2.26. The third-order valence-electron chi connectivity index (χ3n) is 3.15. The molecule has 0 fully saturated rings. The van der Waals surface area contributed by atoms with Gasteiger partial charge in [0.25, 0.3) is 0 Å². The number of likely N-dealkylation sites (N-methyl/N-ethyl adjacent to an activating group) is 1. The lowest BCUT2D eigenvalue weighted by atomic mass is 10.3. The summed E-state index contributed by atoms with van der Waals surface area (Å²) >= 11 is 23.6. The number of carbonyl (C=O) groups excluding carboxylic acids is 1. The molecule has 0 unspecified atom stereocenters. The smallest absolute Gasteiger partial charge is 0.244 e. The van der Waals surface area contributed by atoms with Crippen molar-refractivity contribution >= 4 is 68.0 Å². The monoisotopic (exact) mass is 440 g/mol. The molecule has 0 atom stereocenters. The van der Waals surface area contributed by atoms with Gasteiger partial charge in [-0.25, -0.2) is 8.42 Å². The summed E-state index contributed by atoms with van der Waals surface area (Å²) < 4.78 is 26.0. The average Bonchev–Trinajstić information content (AvgIpc) is 2.53. The van der Waals surface area contributed by atoms with E-state index in [-0.39, 0.29) is 25.7 Å². The molecule has 0 spiro atoms. The molecule has 0 bridgehead atoms. The van der Waals surface area contributed by atoms with E-state index < -0.39 is 22.5 Å². The number of rotatable bonds is 5. The molecule has 5 nitrogen and oxygen atoms in total. The van der Waals surface area contributed by atoms with E-state index in [9.17, 15) is 13.2 Å². The second-order valence-corrected chi connectivity index (χ2v) is 8.71. The van der Waals surface area contributed by atoms with Crippen LogP contribution in [0, 0.1) is 0 Å². The molecule has 2 rings (SSSR count). The summed E-state index contributed by atoms with van der Waals surface area (Å²) in [5, 5.41) is 3.39. The van der Waals surface area contributed by atoms with E-state index in [4.69, 9.17) is 46.4 Å². The minimum Gasteiger partial charge on any atom is -0.324 e. The summed E-state index contributed by atoms with van der Waals surface area (Å²) in [6.07, 6.45) is 0. The van der Waals surface area contributed by atoms with Crippen LogP contribution in [0.3, 0.4) is 0 Å². The Balaban J connectivity index is 2.17. The highest BCUT2D eigenvalue weighted by atomic mass is 35.5. The largest absolute Gasteiger partial charge is 0.324 e. The molecule has 0 aliphatic rings. The Hall–Kier alpha value is -1.02. The molecule has 25 heavy (non-hydrogen) atoms. The van der Waals surface area contributed by atoms with Gasteiger partial charge >= 0.3 is 0 Å². The van der Waals surface area contributed by atoms with E-state index in [1.54, 1.807) is 6.07 Å². The summed E-state index contributed by atoms with van der Waals surface area (Å²) in [5.74, 6) is -0.589. The van der Waals surface area contributed by atoms with E-state index in [0.29, 0.717) is 5.02 Å². The Kier molecular flexibility index (Phi) is 6.59. The molecule has 0 saturated heterocycles. The summed E-state index contributed by atoms with van der Waals surface area (Å²) in [4.78, 5) is 12.0. The van der Waals surface area contributed by atoms with Crippen LogP contribution in [0.15, 0.2) is 41.3 Å². The quantitative estimate of drug-likeness (QED) is 0.739. The number of nitrogens with zero attached hydrogens (tertiary/aromatic N) is 1. The van der Waals surface area contributed by atoms with Crippen molar-refractivity contribution in [3.8, 4) is 0 Å². The number of nitrogens with one attached hydrogen (secondary N) is 1. The van der Waals surface area contributed by atoms with E-state index >= 15 is 0 Å². The van der Waals surface area contributed by atoms with Crippen LogP contribution in [0.5, 0.6) is 0 Å². The molecule has 0 saturated carbocycles. The standard InChI is InChI=1S/C15H12Cl4N2O3S/c1-21(25(23,24)14-7-10(17)3-5-12(14)19)8-15(22)20-13-6-9(16)2-4-11(13)18/h2-7H,8H2,1H3,(H,20,22). The zero-order chi connectivity index (χ0) is 18.8. The second-order valence-electron chi connectivity index (χ2n) is 5.01. The van der Waals surface area contributed by atoms with E-state index in [1.807, 2.05) is 0 Å². The van der Waals surface area contributed by atoms with Crippen LogP contribution < -0.4 is 5.32 Å².